The Morgan fingerprint density at radius 3 is 2.64 bits per heavy atom. The summed E-state index contributed by atoms with van der Waals surface area (Å²) in [5.41, 5.74) is 2.59. The third-order valence-electron chi connectivity index (χ3n) is 3.72. The van der Waals surface area contributed by atoms with Gasteiger partial charge in [-0.2, -0.15) is 0 Å². The molecule has 25 heavy (non-hydrogen) atoms. The summed E-state index contributed by atoms with van der Waals surface area (Å²) in [5, 5.41) is 6.94. The number of thiocarbonyl (C=S) groups is 1. The molecule has 0 saturated carbocycles. The highest BCUT2D eigenvalue weighted by Gasteiger charge is 2.09. The number of ether oxygens (including phenoxy) is 1. The molecular weight excluding hydrogens is 332 g/mol. The third-order valence-corrected chi connectivity index (χ3v) is 3.94. The number of hydrogen-bond donors (Lipinski definition) is 2. The largest absolute Gasteiger partial charge is 0.462 e. The number of anilines is 1. The first-order valence-corrected chi connectivity index (χ1v) is 8.88. The second-order valence-corrected chi connectivity index (χ2v) is 6.23. The minimum Gasteiger partial charge on any atom is -0.462 e. The summed E-state index contributed by atoms with van der Waals surface area (Å²) in [5.74, 6) is -0.332. The molecule has 4 nitrogen and oxygen atoms in total. The molecule has 0 amide bonds. The Bertz CT molecular complexity index is 704. The first-order chi connectivity index (χ1) is 12.1. The molecule has 2 rings (SSSR count). The lowest BCUT2D eigenvalue weighted by atomic mass is 10.1. The van der Waals surface area contributed by atoms with Crippen LogP contribution in [-0.2, 0) is 11.2 Å². The van der Waals surface area contributed by atoms with Gasteiger partial charge in [0.25, 0.3) is 0 Å². The van der Waals surface area contributed by atoms with E-state index in [0.29, 0.717) is 17.3 Å². The first kappa shape index (κ1) is 18.9. The van der Waals surface area contributed by atoms with Crippen LogP contribution in [0.25, 0.3) is 0 Å². The number of hydrogen-bond acceptors (Lipinski definition) is 3. The van der Waals surface area contributed by atoms with E-state index < -0.39 is 0 Å². The Kier molecular flexibility index (Phi) is 7.41. The monoisotopic (exact) mass is 356 g/mol. The predicted octanol–water partition coefficient (Wildman–Crippen LogP) is 4.17. The summed E-state index contributed by atoms with van der Waals surface area (Å²) < 4.78 is 5.01. The lowest BCUT2D eigenvalue weighted by molar-refractivity contribution is 0.0526. The molecule has 0 aromatic heterocycles. The summed E-state index contributed by atoms with van der Waals surface area (Å²) in [6.45, 7) is 4.25. The molecule has 0 aliphatic carbocycles. The van der Waals surface area contributed by atoms with Crippen molar-refractivity contribution in [1.29, 1.82) is 0 Å². The summed E-state index contributed by atoms with van der Waals surface area (Å²) >= 11 is 5.36. The molecule has 0 spiro atoms. The van der Waals surface area contributed by atoms with E-state index in [1.54, 1.807) is 25.1 Å². The van der Waals surface area contributed by atoms with Crippen molar-refractivity contribution < 1.29 is 9.53 Å². The zero-order chi connectivity index (χ0) is 18.1. The van der Waals surface area contributed by atoms with Crippen LogP contribution in [0.15, 0.2) is 54.6 Å². The first-order valence-electron chi connectivity index (χ1n) is 8.47. The van der Waals surface area contributed by atoms with Gasteiger partial charge in [0.1, 0.15) is 0 Å². The zero-order valence-electron chi connectivity index (χ0n) is 14.6. The van der Waals surface area contributed by atoms with Gasteiger partial charge in [0, 0.05) is 11.7 Å². The van der Waals surface area contributed by atoms with E-state index in [9.17, 15) is 4.79 Å². The Morgan fingerprint density at radius 2 is 1.92 bits per heavy atom. The highest BCUT2D eigenvalue weighted by Crippen LogP contribution is 2.12. The van der Waals surface area contributed by atoms with E-state index in [1.165, 1.54) is 5.56 Å². The van der Waals surface area contributed by atoms with Crippen molar-refractivity contribution in [3.05, 3.63) is 65.7 Å². The SMILES string of the molecule is CCOC(=O)c1cccc(NC(=S)NC(C)CCc2ccccc2)c1. The van der Waals surface area contributed by atoms with Gasteiger partial charge in [0.05, 0.1) is 12.2 Å². The van der Waals surface area contributed by atoms with Crippen LogP contribution in [0.2, 0.25) is 0 Å². The molecule has 132 valence electrons. The molecule has 1 atom stereocenters. The smallest absolute Gasteiger partial charge is 0.338 e. The lowest BCUT2D eigenvalue weighted by Crippen LogP contribution is -2.36. The molecule has 5 heteroatoms. The minimum atomic E-state index is -0.332. The average molecular weight is 356 g/mol. The van der Waals surface area contributed by atoms with Crippen molar-refractivity contribution in [3.63, 3.8) is 0 Å². The Balaban J connectivity index is 1.83. The number of benzene rings is 2. The molecule has 1 unspecified atom stereocenters. The zero-order valence-corrected chi connectivity index (χ0v) is 15.4. The number of carbonyl (C=O) groups is 1. The van der Waals surface area contributed by atoms with Gasteiger partial charge in [-0.15, -0.1) is 0 Å². The van der Waals surface area contributed by atoms with E-state index in [4.69, 9.17) is 17.0 Å². The fourth-order valence-electron chi connectivity index (χ4n) is 2.43. The molecule has 0 heterocycles. The predicted molar refractivity (Wildman–Crippen MR) is 106 cm³/mol. The maximum Gasteiger partial charge on any atom is 0.338 e. The lowest BCUT2D eigenvalue weighted by Gasteiger charge is -2.17. The fraction of sp³-hybridized carbons (Fsp3) is 0.300. The quantitative estimate of drug-likeness (QED) is 0.576. The highest BCUT2D eigenvalue weighted by molar-refractivity contribution is 7.80. The summed E-state index contributed by atoms with van der Waals surface area (Å²) in [4.78, 5) is 11.8. The number of carbonyl (C=O) groups excluding carboxylic acids is 1. The van der Waals surface area contributed by atoms with Gasteiger partial charge in [0.2, 0.25) is 0 Å². The standard InChI is InChI=1S/C20H24N2O2S/c1-3-24-19(23)17-10-7-11-18(14-17)22-20(25)21-15(2)12-13-16-8-5-4-6-9-16/h4-11,14-15H,3,12-13H2,1-2H3,(H2,21,22,25). The number of esters is 1. The molecule has 0 aliphatic heterocycles. The summed E-state index contributed by atoms with van der Waals surface area (Å²) in [7, 11) is 0. The Morgan fingerprint density at radius 1 is 1.16 bits per heavy atom. The van der Waals surface area contributed by atoms with E-state index in [1.807, 2.05) is 12.1 Å². The van der Waals surface area contributed by atoms with Crippen molar-refractivity contribution in [2.75, 3.05) is 11.9 Å². The topological polar surface area (TPSA) is 50.4 Å². The summed E-state index contributed by atoms with van der Waals surface area (Å²) in [6.07, 6.45) is 1.98. The second kappa shape index (κ2) is 9.79. The maximum atomic E-state index is 11.8. The van der Waals surface area contributed by atoms with Crippen LogP contribution < -0.4 is 10.6 Å². The van der Waals surface area contributed by atoms with Crippen LogP contribution >= 0.6 is 12.2 Å². The second-order valence-electron chi connectivity index (χ2n) is 5.83. The van der Waals surface area contributed by atoms with E-state index in [0.717, 1.165) is 18.5 Å². The van der Waals surface area contributed by atoms with Crippen LogP contribution in [0.5, 0.6) is 0 Å². The van der Waals surface area contributed by atoms with Crippen LogP contribution in [0.1, 0.15) is 36.2 Å². The van der Waals surface area contributed by atoms with Gasteiger partial charge in [-0.3, -0.25) is 0 Å². The molecule has 0 bridgehead atoms. The van der Waals surface area contributed by atoms with Gasteiger partial charge >= 0.3 is 5.97 Å². The van der Waals surface area contributed by atoms with Crippen molar-refractivity contribution in [2.45, 2.75) is 32.7 Å². The van der Waals surface area contributed by atoms with Crippen molar-refractivity contribution >= 4 is 29.0 Å². The van der Waals surface area contributed by atoms with Gasteiger partial charge in [-0.05, 0) is 62.7 Å². The van der Waals surface area contributed by atoms with Gasteiger partial charge in [-0.1, -0.05) is 36.4 Å². The average Bonchev–Trinajstić information content (AvgIpc) is 2.61. The molecule has 0 aliphatic rings. The molecule has 2 aromatic carbocycles. The van der Waals surface area contributed by atoms with Crippen LogP contribution in [0.3, 0.4) is 0 Å². The molecular formula is C20H24N2O2S. The number of nitrogens with one attached hydrogen (secondary N) is 2. The van der Waals surface area contributed by atoms with Gasteiger partial charge < -0.3 is 15.4 Å². The van der Waals surface area contributed by atoms with E-state index in [2.05, 4.69) is 41.8 Å². The fourth-order valence-corrected chi connectivity index (χ4v) is 2.75. The van der Waals surface area contributed by atoms with Crippen LogP contribution in [0, 0.1) is 0 Å². The molecule has 0 fully saturated rings. The maximum absolute atomic E-state index is 11.8. The van der Waals surface area contributed by atoms with Crippen molar-refractivity contribution in [2.24, 2.45) is 0 Å². The Hall–Kier alpha value is -2.40. The molecule has 2 aromatic rings. The van der Waals surface area contributed by atoms with Gasteiger partial charge in [0.15, 0.2) is 5.11 Å². The summed E-state index contributed by atoms with van der Waals surface area (Å²) in [6, 6.07) is 17.8. The normalized spacial score (nSPS) is 11.4. The highest BCUT2D eigenvalue weighted by atomic mass is 32.1. The molecule has 2 N–H and O–H groups in total. The van der Waals surface area contributed by atoms with Crippen molar-refractivity contribution in [3.8, 4) is 0 Å². The molecule has 0 radical (unpaired) electrons. The third kappa shape index (κ3) is 6.55. The minimum absolute atomic E-state index is 0.244. The van der Waals surface area contributed by atoms with E-state index in [-0.39, 0.29) is 12.0 Å². The van der Waals surface area contributed by atoms with Gasteiger partial charge in [-0.25, -0.2) is 4.79 Å². The number of rotatable bonds is 7. The molecule has 0 saturated heterocycles. The van der Waals surface area contributed by atoms with E-state index >= 15 is 0 Å². The van der Waals surface area contributed by atoms with Crippen LogP contribution in [0.4, 0.5) is 5.69 Å². The van der Waals surface area contributed by atoms with Crippen molar-refractivity contribution in [1.82, 2.24) is 5.32 Å². The Labute approximate surface area is 154 Å². The number of aryl methyl sites for hydroxylation is 1. The van der Waals surface area contributed by atoms with Crippen LogP contribution in [-0.4, -0.2) is 23.7 Å².